The molecule has 0 radical (unpaired) electrons. The molecular weight excluding hydrogens is 1070 g/mol. The van der Waals surface area contributed by atoms with Crippen molar-refractivity contribution >= 4 is 88.9 Å². The summed E-state index contributed by atoms with van der Waals surface area (Å²) in [6.45, 7) is 11.5. The van der Waals surface area contributed by atoms with Gasteiger partial charge in [-0.15, -0.1) is 0 Å². The van der Waals surface area contributed by atoms with Crippen LogP contribution >= 0.6 is 71.0 Å². The Morgan fingerprint density at radius 3 is 1.24 bits per heavy atom. The number of esters is 3. The molecule has 0 amide bonds. The van der Waals surface area contributed by atoms with E-state index in [1.165, 1.54) is 13.8 Å². The summed E-state index contributed by atoms with van der Waals surface area (Å²) in [6.07, 6.45) is 0. The van der Waals surface area contributed by atoms with Crippen LogP contribution in [0.1, 0.15) is 20.8 Å². The Kier molecular flexibility index (Phi) is 41.8. The first kappa shape index (κ1) is 70.5. The summed E-state index contributed by atoms with van der Waals surface area (Å²) in [4.78, 5) is 43.7. The van der Waals surface area contributed by atoms with Gasteiger partial charge in [-0.2, -0.15) is 0 Å². The predicted octanol–water partition coefficient (Wildman–Crippen LogP) is 4.92. The van der Waals surface area contributed by atoms with Crippen molar-refractivity contribution in [3.63, 3.8) is 0 Å². The highest BCUT2D eigenvalue weighted by Crippen LogP contribution is 2.57. The molecule has 4 rings (SSSR count). The molecule has 67 heavy (non-hydrogen) atoms. The fourth-order valence-corrected chi connectivity index (χ4v) is 7.73. The van der Waals surface area contributed by atoms with E-state index in [0.29, 0.717) is 61.8 Å². The molecule has 0 aromatic heterocycles. The molecular formula is C33H63Cl3NO25P5. The number of ether oxygens (including phenoxy) is 3. The van der Waals surface area contributed by atoms with Gasteiger partial charge in [-0.3, -0.25) is 36.2 Å². The van der Waals surface area contributed by atoms with Crippen molar-refractivity contribution in [1.29, 1.82) is 0 Å². The van der Waals surface area contributed by atoms with Crippen molar-refractivity contribution < 1.29 is 121 Å². The molecule has 0 saturated carbocycles. The van der Waals surface area contributed by atoms with Gasteiger partial charge < -0.3 is 57.0 Å². The van der Waals surface area contributed by atoms with Crippen LogP contribution in [0.3, 0.4) is 0 Å². The number of aliphatic hydroxyl groups is 3. The lowest BCUT2D eigenvalue weighted by atomic mass is 10.4. The second kappa shape index (κ2) is 39.8. The largest absolute Gasteiger partial charge is 0.756 e. The summed E-state index contributed by atoms with van der Waals surface area (Å²) in [5.41, 5.74) is 0.892. The van der Waals surface area contributed by atoms with E-state index in [2.05, 4.69) is 56.4 Å². The number of phosphoric ester groups is 2. The molecule has 4 heterocycles. The van der Waals surface area contributed by atoms with Crippen molar-refractivity contribution in [3.8, 4) is 0 Å². The lowest BCUT2D eigenvalue weighted by Crippen LogP contribution is -2.37. The number of likely N-dealkylation sites (N-methyl/N-ethyl adjacent to an activating group) is 1. The van der Waals surface area contributed by atoms with E-state index >= 15 is 0 Å². The minimum absolute atomic E-state index is 0.0115. The zero-order valence-electron chi connectivity index (χ0n) is 38.0. The first-order valence-corrected chi connectivity index (χ1v) is 29.0. The zero-order valence-corrected chi connectivity index (χ0v) is 44.7. The first-order chi connectivity index (χ1) is 31.0. The summed E-state index contributed by atoms with van der Waals surface area (Å²) >= 11 is 15.5. The summed E-state index contributed by atoms with van der Waals surface area (Å²) in [6, 6.07) is 0. The van der Waals surface area contributed by atoms with Crippen LogP contribution in [0.4, 0.5) is 0 Å². The molecule has 0 aromatic carbocycles. The Bertz CT molecular complexity index is 1590. The summed E-state index contributed by atoms with van der Waals surface area (Å²) in [5.74, 6) is -1.55. The molecule has 4 aliphatic heterocycles. The number of carbonyl (C=O) groups excluding carboxylic acids is 3. The molecule has 34 heteroatoms. The molecule has 0 aromatic rings. The maximum absolute atomic E-state index is 11.4. The Morgan fingerprint density at radius 1 is 0.612 bits per heavy atom. The molecule has 4 fully saturated rings. The molecule has 1 atom stereocenters. The van der Waals surface area contributed by atoms with Gasteiger partial charge in [0.15, 0.2) is 0 Å². The average molecular weight is 1140 g/mol. The summed E-state index contributed by atoms with van der Waals surface area (Å²) in [7, 11) is -2.96. The molecule has 4 aliphatic rings. The van der Waals surface area contributed by atoms with Crippen molar-refractivity contribution in [1.82, 2.24) is 0 Å². The maximum Gasteiger partial charge on any atom is 0.475 e. The molecule has 26 nitrogen and oxygen atoms in total. The molecule has 1 unspecified atom stereocenters. The Morgan fingerprint density at radius 2 is 0.955 bits per heavy atom. The number of phosphoric acid groups is 2. The molecule has 4 saturated heterocycles. The van der Waals surface area contributed by atoms with Gasteiger partial charge in [0.1, 0.15) is 33.0 Å². The Balaban J connectivity index is -0.000000756. The van der Waals surface area contributed by atoms with Gasteiger partial charge in [0, 0.05) is 39.2 Å². The summed E-state index contributed by atoms with van der Waals surface area (Å²) in [5, 5.41) is 23.4. The average Bonchev–Trinajstić information content (AvgIpc) is 4.08. The Hall–Kier alpha value is -0.790. The molecule has 0 spiro atoms. The number of halogens is 3. The van der Waals surface area contributed by atoms with Crippen LogP contribution in [0.2, 0.25) is 0 Å². The third-order valence-corrected chi connectivity index (χ3v) is 12.8. The van der Waals surface area contributed by atoms with E-state index in [-0.39, 0.29) is 78.2 Å². The van der Waals surface area contributed by atoms with Gasteiger partial charge in [0.2, 0.25) is 0 Å². The fourth-order valence-electron chi connectivity index (χ4n) is 2.86. The van der Waals surface area contributed by atoms with Gasteiger partial charge in [-0.25, -0.2) is 28.1 Å². The van der Waals surface area contributed by atoms with Gasteiger partial charge in [0.25, 0.3) is 15.6 Å². The number of hydrogen-bond donors (Lipinski definition) is 3. The topological polar surface area (TPSA) is 332 Å². The number of carbonyl (C=O) groups is 3. The monoisotopic (exact) mass is 1130 g/mol. The smallest absolute Gasteiger partial charge is 0.475 e. The minimum Gasteiger partial charge on any atom is -0.756 e. The zero-order chi connectivity index (χ0) is 52.2. The number of aliphatic hydroxyl groups excluding tert-OH is 3. The standard InChI is InChI=1S/C11H22NO6P.C8H13O6P.C6H10O3.2C2H4ClO3P.C2H4ClO2P.C2H6O2/c1-10(2)11(13)16-8-9-18-19(14,15)17-7-6-12(3,4)5;1-7(2)8(9)11-3-4-12-15(10)13-5-6-14-15;1-5(2)6(8)9-4-3-7;2*3-7(4)5-1-2-6-7;3-6-4-1-2-5-6;3-1-2-4/h1,6-9H2,2-5H3;1,3-6H2,2H3;7H,1,3-4H2,2H3;2*1-2H2;1-2H2;3-4H,1-2H2. The number of nitrogens with zero attached hydrogens (tertiary/aromatic N) is 1. The minimum atomic E-state index is -4.34. The third-order valence-electron chi connectivity index (χ3n) is 5.81. The van der Waals surface area contributed by atoms with Gasteiger partial charge in [-0.1, -0.05) is 19.7 Å². The van der Waals surface area contributed by atoms with Crippen molar-refractivity contribution in [2.45, 2.75) is 20.8 Å². The van der Waals surface area contributed by atoms with Crippen molar-refractivity contribution in [2.75, 3.05) is 140 Å². The van der Waals surface area contributed by atoms with Crippen LogP contribution in [-0.2, 0) is 96.6 Å². The van der Waals surface area contributed by atoms with Crippen molar-refractivity contribution in [2.24, 2.45) is 0 Å². The van der Waals surface area contributed by atoms with E-state index in [1.54, 1.807) is 6.92 Å². The van der Waals surface area contributed by atoms with Crippen molar-refractivity contribution in [3.05, 3.63) is 36.5 Å². The van der Waals surface area contributed by atoms with Gasteiger partial charge >= 0.3 is 39.6 Å². The number of hydrogen-bond acceptors (Lipinski definition) is 25. The SMILES string of the molecule is C=C(C)C(=O)OCCO.C=C(C)C(=O)OCCOP(=O)([O-])OCC[N+](C)(C)C.C=C(C)C(=O)OCCOP1(=O)OCCO1.ClP1OCCO1.O=P1(Cl)OCCO1.O=P1(Cl)OCCO1.OCCO. The third kappa shape index (κ3) is 47.3. The normalized spacial score (nSPS) is 18.2. The second-order valence-corrected chi connectivity index (χ2v) is 23.2. The highest BCUT2D eigenvalue weighted by molar-refractivity contribution is 7.81. The highest BCUT2D eigenvalue weighted by atomic mass is 35.7. The van der Waals surface area contributed by atoms with Crippen LogP contribution in [0.25, 0.3) is 0 Å². The van der Waals surface area contributed by atoms with Crippen LogP contribution in [0.5, 0.6) is 0 Å². The second-order valence-electron chi connectivity index (χ2n) is 13.1. The van der Waals surface area contributed by atoms with Crippen LogP contribution in [0, 0.1) is 0 Å². The molecule has 0 bridgehead atoms. The molecule has 3 N–H and O–H groups in total. The van der Waals surface area contributed by atoms with E-state index in [4.69, 9.17) is 76.4 Å². The van der Waals surface area contributed by atoms with E-state index in [0.717, 1.165) is 0 Å². The quantitative estimate of drug-likeness (QED) is 0.0409. The van der Waals surface area contributed by atoms with Gasteiger partial charge in [-0.05, 0) is 32.0 Å². The summed E-state index contributed by atoms with van der Waals surface area (Å²) < 4.78 is 109. The van der Waals surface area contributed by atoms with Crippen LogP contribution in [0.15, 0.2) is 36.5 Å². The number of quaternary nitrogens is 1. The Labute approximate surface area is 406 Å². The lowest BCUT2D eigenvalue weighted by Gasteiger charge is -2.27. The van der Waals surface area contributed by atoms with E-state index < -0.39 is 55.2 Å². The maximum atomic E-state index is 11.4. The fraction of sp³-hybridized carbons (Fsp3) is 0.727. The lowest BCUT2D eigenvalue weighted by molar-refractivity contribution is -0.870. The highest BCUT2D eigenvalue weighted by Gasteiger charge is 2.32. The van der Waals surface area contributed by atoms with E-state index in [9.17, 15) is 37.5 Å². The van der Waals surface area contributed by atoms with Gasteiger partial charge in [0.05, 0.1) is 107 Å². The molecule has 396 valence electrons. The van der Waals surface area contributed by atoms with Crippen LogP contribution in [-0.4, -0.2) is 178 Å². The predicted molar refractivity (Wildman–Crippen MR) is 242 cm³/mol. The first-order valence-electron chi connectivity index (χ1n) is 19.1. The molecule has 0 aliphatic carbocycles. The number of rotatable bonds is 18. The van der Waals surface area contributed by atoms with Crippen LogP contribution < -0.4 is 4.89 Å². The van der Waals surface area contributed by atoms with E-state index in [1.807, 2.05) is 21.1 Å².